The molecule has 12 rings (SSSR count). The maximum Gasteiger partial charge on any atom is 0.0641 e. The summed E-state index contributed by atoms with van der Waals surface area (Å²) in [5, 5.41) is 7.68. The summed E-state index contributed by atoms with van der Waals surface area (Å²) in [6, 6.07) is 75.5. The zero-order valence-electron chi connectivity index (χ0n) is 30.9. The zero-order valence-corrected chi connectivity index (χ0v) is 31.7. The number of para-hydroxylation sites is 2. The first-order valence-electron chi connectivity index (χ1n) is 19.5. The first-order valence-corrected chi connectivity index (χ1v) is 20.3. The highest BCUT2D eigenvalue weighted by atomic mass is 32.1. The van der Waals surface area contributed by atoms with Crippen molar-refractivity contribution in [2.75, 3.05) is 0 Å². The van der Waals surface area contributed by atoms with E-state index in [9.17, 15) is 0 Å². The van der Waals surface area contributed by atoms with Crippen molar-refractivity contribution in [1.82, 2.24) is 9.13 Å². The summed E-state index contributed by atoms with van der Waals surface area (Å²) in [6.45, 7) is 0. The summed E-state index contributed by atoms with van der Waals surface area (Å²) >= 11 is 1.88. The fraction of sp³-hybridized carbons (Fsp3) is 0. The molecule has 0 saturated heterocycles. The van der Waals surface area contributed by atoms with E-state index in [2.05, 4.69) is 215 Å². The Morgan fingerprint density at radius 2 is 0.825 bits per heavy atom. The van der Waals surface area contributed by atoms with Crippen LogP contribution < -0.4 is 0 Å². The molecule has 0 aliphatic heterocycles. The molecule has 3 aromatic heterocycles. The molecule has 0 radical (unpaired) electrons. The van der Waals surface area contributed by atoms with Crippen molar-refractivity contribution in [3.63, 3.8) is 0 Å². The quantitative estimate of drug-likeness (QED) is 0.166. The minimum atomic E-state index is 1.15. The van der Waals surface area contributed by atoms with Gasteiger partial charge < -0.3 is 9.13 Å². The van der Waals surface area contributed by atoms with E-state index in [-0.39, 0.29) is 0 Å². The van der Waals surface area contributed by atoms with Crippen LogP contribution in [0, 0.1) is 0 Å². The third-order valence-corrected chi connectivity index (χ3v) is 13.0. The molecular formula is C54H34N2S. The van der Waals surface area contributed by atoms with Gasteiger partial charge in [-0.2, -0.15) is 0 Å². The third kappa shape index (κ3) is 4.96. The van der Waals surface area contributed by atoms with Gasteiger partial charge in [0.15, 0.2) is 0 Å². The van der Waals surface area contributed by atoms with E-state index in [1.54, 1.807) is 0 Å². The second-order valence-corrected chi connectivity index (χ2v) is 15.9. The smallest absolute Gasteiger partial charge is 0.0641 e. The summed E-state index contributed by atoms with van der Waals surface area (Å²) in [5.41, 5.74) is 14.5. The van der Waals surface area contributed by atoms with Crippen LogP contribution in [0.4, 0.5) is 0 Å². The fourth-order valence-electron chi connectivity index (χ4n) is 9.11. The number of nitrogens with zero attached hydrogens (tertiary/aromatic N) is 2. The molecule has 12 aromatic rings. The lowest BCUT2D eigenvalue weighted by Gasteiger charge is -2.12. The maximum atomic E-state index is 2.47. The van der Waals surface area contributed by atoms with Crippen LogP contribution in [0.5, 0.6) is 0 Å². The van der Waals surface area contributed by atoms with Gasteiger partial charge in [-0.3, -0.25) is 0 Å². The minimum absolute atomic E-state index is 1.15. The molecule has 0 bridgehead atoms. The summed E-state index contributed by atoms with van der Waals surface area (Å²) in [5.74, 6) is 0. The molecule has 0 N–H and O–H groups in total. The Hall–Kier alpha value is -7.20. The first-order chi connectivity index (χ1) is 28.3. The van der Waals surface area contributed by atoms with E-state index in [1.807, 2.05) is 11.3 Å². The first kappa shape index (κ1) is 32.1. The molecule has 0 atom stereocenters. The van der Waals surface area contributed by atoms with Crippen molar-refractivity contribution in [2.24, 2.45) is 0 Å². The van der Waals surface area contributed by atoms with Crippen LogP contribution in [0.3, 0.4) is 0 Å². The predicted molar refractivity (Wildman–Crippen MR) is 244 cm³/mol. The molecule has 266 valence electrons. The number of hydrogen-bond donors (Lipinski definition) is 0. The number of rotatable bonds is 5. The van der Waals surface area contributed by atoms with E-state index in [1.165, 1.54) is 97.2 Å². The summed E-state index contributed by atoms with van der Waals surface area (Å²) in [4.78, 5) is 0. The van der Waals surface area contributed by atoms with Gasteiger partial charge >= 0.3 is 0 Å². The maximum absolute atomic E-state index is 2.47. The van der Waals surface area contributed by atoms with Crippen LogP contribution in [-0.2, 0) is 0 Å². The highest BCUT2D eigenvalue weighted by molar-refractivity contribution is 7.26. The number of hydrogen-bond acceptors (Lipinski definition) is 1. The van der Waals surface area contributed by atoms with Crippen molar-refractivity contribution in [2.45, 2.75) is 0 Å². The van der Waals surface area contributed by atoms with E-state index >= 15 is 0 Å². The zero-order chi connectivity index (χ0) is 37.5. The summed E-state index contributed by atoms with van der Waals surface area (Å²) < 4.78 is 7.58. The van der Waals surface area contributed by atoms with Gasteiger partial charge in [-0.05, 0) is 81.9 Å². The molecule has 3 heterocycles. The van der Waals surface area contributed by atoms with E-state index in [0.29, 0.717) is 0 Å². The standard InChI is InChI=1S/C54H34N2S/c1-2-11-35(12-3-1)36-21-23-37(24-22-36)38-25-29-41(30-26-38)56-48-18-7-4-13-43(48)45-33-34-50-52(53(45)56)47-15-5-8-19-49(47)55(50)40-31-27-39(28-32-40)42-16-10-17-46-44-14-6-9-20-51(44)57-54(42)46/h1-34H. The van der Waals surface area contributed by atoms with Crippen molar-refractivity contribution in [1.29, 1.82) is 0 Å². The average Bonchev–Trinajstić information content (AvgIpc) is 3.95. The lowest BCUT2D eigenvalue weighted by atomic mass is 10.0. The molecular weight excluding hydrogens is 709 g/mol. The average molecular weight is 743 g/mol. The van der Waals surface area contributed by atoms with E-state index in [0.717, 1.165) is 11.4 Å². The monoisotopic (exact) mass is 742 g/mol. The third-order valence-electron chi connectivity index (χ3n) is 11.8. The topological polar surface area (TPSA) is 9.86 Å². The molecule has 0 saturated carbocycles. The molecule has 0 aliphatic rings. The van der Waals surface area contributed by atoms with Gasteiger partial charge in [0.2, 0.25) is 0 Å². The van der Waals surface area contributed by atoms with Crippen molar-refractivity contribution in [3.8, 4) is 44.8 Å². The van der Waals surface area contributed by atoms with Gasteiger partial charge in [0.25, 0.3) is 0 Å². The minimum Gasteiger partial charge on any atom is -0.309 e. The molecule has 3 heteroatoms. The van der Waals surface area contributed by atoms with Gasteiger partial charge in [0.1, 0.15) is 0 Å². The Bertz CT molecular complexity index is 3470. The van der Waals surface area contributed by atoms with Gasteiger partial charge in [0.05, 0.1) is 22.1 Å². The highest BCUT2D eigenvalue weighted by Crippen LogP contribution is 2.43. The lowest BCUT2D eigenvalue weighted by Crippen LogP contribution is -1.95. The van der Waals surface area contributed by atoms with E-state index < -0.39 is 0 Å². The molecule has 0 unspecified atom stereocenters. The molecule has 0 aliphatic carbocycles. The predicted octanol–water partition coefficient (Wildman–Crippen LogP) is 15.2. The summed E-state index contributed by atoms with van der Waals surface area (Å²) in [6.07, 6.45) is 0. The van der Waals surface area contributed by atoms with Crippen molar-refractivity contribution < 1.29 is 0 Å². The Morgan fingerprint density at radius 3 is 1.54 bits per heavy atom. The Balaban J connectivity index is 1.01. The van der Waals surface area contributed by atoms with Crippen molar-refractivity contribution in [3.05, 3.63) is 206 Å². The number of aromatic nitrogens is 2. The highest BCUT2D eigenvalue weighted by Gasteiger charge is 2.21. The molecule has 2 nitrogen and oxygen atoms in total. The van der Waals surface area contributed by atoms with Crippen LogP contribution in [0.2, 0.25) is 0 Å². The Morgan fingerprint density at radius 1 is 0.298 bits per heavy atom. The summed E-state index contributed by atoms with van der Waals surface area (Å²) in [7, 11) is 0. The SMILES string of the molecule is c1ccc(-c2ccc(-c3ccc(-n4c5ccccc5c5ccc6c(c7ccccc7n6-c6ccc(-c7cccc8c7sc7ccccc78)cc6)c54)cc3)cc2)cc1. The van der Waals surface area contributed by atoms with Gasteiger partial charge in [-0.25, -0.2) is 0 Å². The van der Waals surface area contributed by atoms with Gasteiger partial charge in [-0.15, -0.1) is 11.3 Å². The fourth-order valence-corrected chi connectivity index (χ4v) is 10.3. The van der Waals surface area contributed by atoms with Gasteiger partial charge in [0, 0.05) is 53.1 Å². The van der Waals surface area contributed by atoms with Crippen LogP contribution in [-0.4, -0.2) is 9.13 Å². The molecule has 0 amide bonds. The van der Waals surface area contributed by atoms with Crippen LogP contribution in [0.1, 0.15) is 0 Å². The van der Waals surface area contributed by atoms with Crippen LogP contribution in [0.25, 0.3) is 109 Å². The normalized spacial score (nSPS) is 11.9. The largest absolute Gasteiger partial charge is 0.309 e. The van der Waals surface area contributed by atoms with E-state index in [4.69, 9.17) is 0 Å². The molecule has 0 fully saturated rings. The van der Waals surface area contributed by atoms with Crippen molar-refractivity contribution >= 4 is 75.1 Å². The molecule has 57 heavy (non-hydrogen) atoms. The lowest BCUT2D eigenvalue weighted by molar-refractivity contribution is 1.17. The molecule has 9 aromatic carbocycles. The Labute approximate surface area is 333 Å². The number of benzene rings is 9. The van der Waals surface area contributed by atoms with Crippen LogP contribution >= 0.6 is 11.3 Å². The second kappa shape index (κ2) is 12.7. The Kier molecular flexibility index (Phi) is 7.13. The molecule has 0 spiro atoms. The number of fused-ring (bicyclic) bond motifs is 10. The number of thiophene rings is 1. The second-order valence-electron chi connectivity index (χ2n) is 14.9. The van der Waals surface area contributed by atoms with Crippen LogP contribution in [0.15, 0.2) is 206 Å². The van der Waals surface area contributed by atoms with Gasteiger partial charge in [-0.1, -0.05) is 158 Å².